The van der Waals surface area contributed by atoms with Gasteiger partial charge in [0.2, 0.25) is 10.0 Å². The third-order valence-corrected chi connectivity index (χ3v) is 5.30. The summed E-state index contributed by atoms with van der Waals surface area (Å²) in [5.41, 5.74) is 1.02. The van der Waals surface area contributed by atoms with E-state index in [2.05, 4.69) is 5.32 Å². The average molecular weight is 332 g/mol. The topological polar surface area (TPSA) is 75.7 Å². The lowest BCUT2D eigenvalue weighted by atomic mass is 10.2. The van der Waals surface area contributed by atoms with Gasteiger partial charge in [-0.25, -0.2) is 13.2 Å². The van der Waals surface area contributed by atoms with E-state index >= 15 is 0 Å². The Morgan fingerprint density at radius 1 is 1.09 bits per heavy atom. The zero-order valence-corrected chi connectivity index (χ0v) is 13.1. The zero-order valence-electron chi connectivity index (χ0n) is 12.3. The summed E-state index contributed by atoms with van der Waals surface area (Å²) < 4.78 is 30.4. The molecule has 2 aromatic rings. The first-order valence-electron chi connectivity index (χ1n) is 7.19. The Morgan fingerprint density at radius 3 is 2.57 bits per heavy atom. The molecule has 0 atom stereocenters. The van der Waals surface area contributed by atoms with Gasteiger partial charge in [-0.2, -0.15) is 0 Å². The van der Waals surface area contributed by atoms with Crippen LogP contribution in [0.4, 0.5) is 16.2 Å². The van der Waals surface area contributed by atoms with E-state index in [1.165, 1.54) is 4.31 Å². The van der Waals surface area contributed by atoms with Crippen molar-refractivity contribution < 1.29 is 17.9 Å². The number of rotatable bonds is 3. The Labute approximate surface area is 134 Å². The predicted octanol–water partition coefficient (Wildman–Crippen LogP) is 2.84. The third-order valence-electron chi connectivity index (χ3n) is 3.43. The molecule has 120 valence electrons. The van der Waals surface area contributed by atoms with Gasteiger partial charge in [-0.3, -0.25) is 9.62 Å². The monoisotopic (exact) mass is 332 g/mol. The van der Waals surface area contributed by atoms with E-state index in [4.69, 9.17) is 4.74 Å². The summed E-state index contributed by atoms with van der Waals surface area (Å²) in [6.07, 6.45) is -0.0200. The van der Waals surface area contributed by atoms with Gasteiger partial charge in [-0.05, 0) is 36.8 Å². The molecule has 1 heterocycles. The first-order valence-corrected chi connectivity index (χ1v) is 8.80. The quantitative estimate of drug-likeness (QED) is 0.938. The van der Waals surface area contributed by atoms with Gasteiger partial charge in [0, 0.05) is 12.2 Å². The number of nitrogens with one attached hydrogen (secondary N) is 1. The number of hydrogen-bond donors (Lipinski definition) is 1. The van der Waals surface area contributed by atoms with E-state index in [0.29, 0.717) is 30.1 Å². The van der Waals surface area contributed by atoms with Crippen molar-refractivity contribution >= 4 is 27.5 Å². The van der Waals surface area contributed by atoms with Crippen LogP contribution in [0.15, 0.2) is 54.6 Å². The Balaban J connectivity index is 1.72. The Morgan fingerprint density at radius 2 is 1.87 bits per heavy atom. The number of benzene rings is 2. The van der Waals surface area contributed by atoms with Crippen LogP contribution in [0.2, 0.25) is 0 Å². The van der Waals surface area contributed by atoms with E-state index in [1.54, 1.807) is 48.5 Å². The molecule has 23 heavy (non-hydrogen) atoms. The molecule has 2 aromatic carbocycles. The number of nitrogens with zero attached hydrogens (tertiary/aromatic N) is 1. The van der Waals surface area contributed by atoms with Crippen molar-refractivity contribution in [3.63, 3.8) is 0 Å². The minimum absolute atomic E-state index is 0.153. The number of carbonyl (C=O) groups is 1. The predicted molar refractivity (Wildman–Crippen MR) is 88.3 cm³/mol. The van der Waals surface area contributed by atoms with Crippen molar-refractivity contribution in [2.45, 2.75) is 6.42 Å². The first-order chi connectivity index (χ1) is 11.0. The van der Waals surface area contributed by atoms with Crippen molar-refractivity contribution in [2.75, 3.05) is 21.9 Å². The van der Waals surface area contributed by atoms with Crippen molar-refractivity contribution in [2.24, 2.45) is 0 Å². The number of ether oxygens (including phenoxy) is 1. The number of anilines is 2. The summed E-state index contributed by atoms with van der Waals surface area (Å²) >= 11 is 0. The molecule has 3 rings (SSSR count). The molecule has 0 unspecified atom stereocenters. The number of carbonyl (C=O) groups excluding carboxylic acids is 1. The summed E-state index contributed by atoms with van der Waals surface area (Å²) in [4.78, 5) is 11.9. The molecule has 0 saturated carbocycles. The van der Waals surface area contributed by atoms with Gasteiger partial charge in [-0.1, -0.05) is 24.3 Å². The first kappa shape index (κ1) is 15.4. The molecule has 0 radical (unpaired) electrons. The molecule has 0 bridgehead atoms. The molecule has 1 aliphatic rings. The van der Waals surface area contributed by atoms with Gasteiger partial charge in [-0.15, -0.1) is 0 Å². The van der Waals surface area contributed by atoms with Gasteiger partial charge in [0.1, 0.15) is 5.75 Å². The standard InChI is InChI=1S/C16H16N2O4S/c19-16(22-15-8-2-1-3-9-15)17-13-6-4-7-14(12-13)18-10-5-11-23(18,20)21/h1-4,6-9,12H,5,10-11H2,(H,17,19). The molecule has 1 N–H and O–H groups in total. The molecule has 7 heteroatoms. The Bertz CT molecular complexity index is 806. The molecule has 6 nitrogen and oxygen atoms in total. The molecular weight excluding hydrogens is 316 g/mol. The highest BCUT2D eigenvalue weighted by Crippen LogP contribution is 2.26. The number of amides is 1. The fourth-order valence-corrected chi connectivity index (χ4v) is 3.96. The number of para-hydroxylation sites is 1. The molecule has 1 fully saturated rings. The maximum absolute atomic E-state index is 12.0. The second-order valence-electron chi connectivity index (χ2n) is 5.12. The highest BCUT2D eigenvalue weighted by atomic mass is 32.2. The Hall–Kier alpha value is -2.54. The summed E-state index contributed by atoms with van der Waals surface area (Å²) in [5.74, 6) is 0.587. The average Bonchev–Trinajstić information content (AvgIpc) is 2.88. The maximum Gasteiger partial charge on any atom is 0.417 e. The highest BCUT2D eigenvalue weighted by Gasteiger charge is 2.28. The minimum Gasteiger partial charge on any atom is -0.410 e. The van der Waals surface area contributed by atoms with E-state index in [-0.39, 0.29) is 5.75 Å². The lowest BCUT2D eigenvalue weighted by Gasteiger charge is -2.17. The zero-order chi connectivity index (χ0) is 16.3. The third kappa shape index (κ3) is 3.62. The van der Waals surface area contributed by atoms with Crippen molar-refractivity contribution in [1.82, 2.24) is 0 Å². The SMILES string of the molecule is O=C(Nc1cccc(N2CCCS2(=O)=O)c1)Oc1ccccc1. The van der Waals surface area contributed by atoms with Crippen LogP contribution in [0.1, 0.15) is 6.42 Å². The van der Waals surface area contributed by atoms with E-state index in [0.717, 1.165) is 0 Å². The van der Waals surface area contributed by atoms with Crippen LogP contribution in [0, 0.1) is 0 Å². The second kappa shape index (κ2) is 6.29. The fraction of sp³-hybridized carbons (Fsp3) is 0.188. The maximum atomic E-state index is 12.0. The lowest BCUT2D eigenvalue weighted by molar-refractivity contribution is 0.215. The normalized spacial score (nSPS) is 16.1. The summed E-state index contributed by atoms with van der Waals surface area (Å²) in [6.45, 7) is 0.459. The fourth-order valence-electron chi connectivity index (χ4n) is 2.41. The summed E-state index contributed by atoms with van der Waals surface area (Å²) in [6, 6.07) is 15.4. The molecular formula is C16H16N2O4S. The van der Waals surface area contributed by atoms with Crippen LogP contribution in [0.3, 0.4) is 0 Å². The number of hydrogen-bond acceptors (Lipinski definition) is 4. The molecule has 0 spiro atoms. The van der Waals surface area contributed by atoms with Crippen LogP contribution in [0.25, 0.3) is 0 Å². The molecule has 1 aliphatic heterocycles. The number of sulfonamides is 1. The van der Waals surface area contributed by atoms with Crippen LogP contribution in [0.5, 0.6) is 5.75 Å². The summed E-state index contributed by atoms with van der Waals surface area (Å²) in [5, 5.41) is 2.60. The molecule has 1 saturated heterocycles. The highest BCUT2D eigenvalue weighted by molar-refractivity contribution is 7.93. The van der Waals surface area contributed by atoms with E-state index in [9.17, 15) is 13.2 Å². The van der Waals surface area contributed by atoms with Crippen molar-refractivity contribution in [3.8, 4) is 5.75 Å². The minimum atomic E-state index is -3.24. The van der Waals surface area contributed by atoms with E-state index in [1.807, 2.05) is 6.07 Å². The van der Waals surface area contributed by atoms with Gasteiger partial charge in [0.25, 0.3) is 0 Å². The van der Waals surface area contributed by atoms with Crippen molar-refractivity contribution in [1.29, 1.82) is 0 Å². The van der Waals surface area contributed by atoms with Gasteiger partial charge < -0.3 is 4.74 Å². The van der Waals surface area contributed by atoms with E-state index < -0.39 is 16.1 Å². The lowest BCUT2D eigenvalue weighted by Crippen LogP contribution is -2.25. The van der Waals surface area contributed by atoms with Crippen LogP contribution < -0.4 is 14.4 Å². The molecule has 0 aromatic heterocycles. The van der Waals surface area contributed by atoms with Gasteiger partial charge >= 0.3 is 6.09 Å². The van der Waals surface area contributed by atoms with Crippen LogP contribution in [-0.4, -0.2) is 26.8 Å². The Kier molecular flexibility index (Phi) is 4.20. The second-order valence-corrected chi connectivity index (χ2v) is 7.13. The van der Waals surface area contributed by atoms with Crippen LogP contribution >= 0.6 is 0 Å². The summed E-state index contributed by atoms with van der Waals surface area (Å²) in [7, 11) is -3.24. The molecule has 0 aliphatic carbocycles. The largest absolute Gasteiger partial charge is 0.417 e. The van der Waals surface area contributed by atoms with Gasteiger partial charge in [0.15, 0.2) is 0 Å². The van der Waals surface area contributed by atoms with Crippen molar-refractivity contribution in [3.05, 3.63) is 54.6 Å². The van der Waals surface area contributed by atoms with Crippen LogP contribution in [-0.2, 0) is 10.0 Å². The van der Waals surface area contributed by atoms with Gasteiger partial charge in [0.05, 0.1) is 11.4 Å². The molecule has 1 amide bonds. The smallest absolute Gasteiger partial charge is 0.410 e.